The Kier molecular flexibility index (Phi) is 4.61. The third kappa shape index (κ3) is 3.36. The molecule has 28 heavy (non-hydrogen) atoms. The number of aryl methyl sites for hydroxylation is 1. The van der Waals surface area contributed by atoms with Gasteiger partial charge in [0.05, 0.1) is 9.85 Å². The number of non-ortho nitro benzene ring substituents is 2. The van der Waals surface area contributed by atoms with Gasteiger partial charge in [0.25, 0.3) is 11.4 Å². The van der Waals surface area contributed by atoms with Gasteiger partial charge in [-0.25, -0.2) is 0 Å². The van der Waals surface area contributed by atoms with Crippen molar-refractivity contribution in [1.82, 2.24) is 0 Å². The van der Waals surface area contributed by atoms with Gasteiger partial charge in [-0.05, 0) is 89.4 Å². The number of benzene rings is 3. The van der Waals surface area contributed by atoms with Crippen molar-refractivity contribution in [2.45, 2.75) is 25.7 Å². The minimum absolute atomic E-state index is 0.0669. The van der Waals surface area contributed by atoms with Gasteiger partial charge in [-0.1, -0.05) is 6.07 Å². The molecule has 0 saturated carbocycles. The molecule has 1 aliphatic rings. The van der Waals surface area contributed by atoms with Crippen LogP contribution in [0.5, 0.6) is 0 Å². The molecule has 4 rings (SSSR count). The summed E-state index contributed by atoms with van der Waals surface area (Å²) in [6, 6.07) is 17.5. The molecule has 1 aliphatic carbocycles. The molecule has 0 spiro atoms. The molecule has 3 aromatic carbocycles. The summed E-state index contributed by atoms with van der Waals surface area (Å²) < 4.78 is 0. The fourth-order valence-electron chi connectivity index (χ4n) is 3.83. The van der Waals surface area contributed by atoms with Crippen molar-refractivity contribution >= 4 is 11.4 Å². The zero-order chi connectivity index (χ0) is 19.7. The Balaban J connectivity index is 1.82. The lowest BCUT2D eigenvalue weighted by molar-refractivity contribution is -0.385. The summed E-state index contributed by atoms with van der Waals surface area (Å²) in [5, 5.41) is 21.9. The molecule has 6 heteroatoms. The standard InChI is InChI=1S/C22H18N2O4/c25-23(26)19-9-5-15(6-10-19)18-13-17-3-1-2-4-21(17)22(14-18)16-7-11-20(12-8-16)24(27)28/h5-14H,1-4H2. The molecular formula is C22H18N2O4. The fraction of sp³-hybridized carbons (Fsp3) is 0.182. The molecule has 0 aromatic heterocycles. The van der Waals surface area contributed by atoms with Crippen LogP contribution in [0.2, 0.25) is 0 Å². The second-order valence-electron chi connectivity index (χ2n) is 6.98. The largest absolute Gasteiger partial charge is 0.269 e. The van der Waals surface area contributed by atoms with Gasteiger partial charge in [0.2, 0.25) is 0 Å². The third-order valence-electron chi connectivity index (χ3n) is 5.27. The first-order valence-corrected chi connectivity index (χ1v) is 9.18. The lowest BCUT2D eigenvalue weighted by Gasteiger charge is -2.21. The zero-order valence-corrected chi connectivity index (χ0v) is 15.1. The van der Waals surface area contributed by atoms with Crippen molar-refractivity contribution in [3.05, 3.63) is 92.0 Å². The Morgan fingerprint density at radius 3 is 1.75 bits per heavy atom. The van der Waals surface area contributed by atoms with Crippen LogP contribution in [0.15, 0.2) is 60.7 Å². The Labute approximate surface area is 161 Å². The lowest BCUT2D eigenvalue weighted by Crippen LogP contribution is -2.05. The molecule has 6 nitrogen and oxygen atoms in total. The number of nitro groups is 2. The Hall–Kier alpha value is -3.54. The Morgan fingerprint density at radius 1 is 0.643 bits per heavy atom. The van der Waals surface area contributed by atoms with E-state index in [-0.39, 0.29) is 11.4 Å². The van der Waals surface area contributed by atoms with E-state index in [9.17, 15) is 20.2 Å². The van der Waals surface area contributed by atoms with Gasteiger partial charge < -0.3 is 0 Å². The van der Waals surface area contributed by atoms with E-state index in [1.165, 1.54) is 35.4 Å². The zero-order valence-electron chi connectivity index (χ0n) is 15.1. The maximum atomic E-state index is 11.0. The molecule has 0 radical (unpaired) electrons. The van der Waals surface area contributed by atoms with E-state index in [1.807, 2.05) is 0 Å². The SMILES string of the molecule is O=[N+]([O-])c1ccc(-c2cc3c(c(-c4ccc([N+](=O)[O-])cc4)c2)CCCC3)cc1. The number of hydrogen-bond acceptors (Lipinski definition) is 4. The van der Waals surface area contributed by atoms with Gasteiger partial charge in [-0.2, -0.15) is 0 Å². The fourth-order valence-corrected chi connectivity index (χ4v) is 3.83. The highest BCUT2D eigenvalue weighted by Crippen LogP contribution is 2.37. The first-order chi connectivity index (χ1) is 13.5. The molecule has 0 aliphatic heterocycles. The van der Waals surface area contributed by atoms with Crippen LogP contribution in [-0.4, -0.2) is 9.85 Å². The van der Waals surface area contributed by atoms with E-state index in [4.69, 9.17) is 0 Å². The minimum Gasteiger partial charge on any atom is -0.258 e. The summed E-state index contributed by atoms with van der Waals surface area (Å²) in [4.78, 5) is 21.1. The summed E-state index contributed by atoms with van der Waals surface area (Å²) in [6.07, 6.45) is 4.25. The molecule has 0 amide bonds. The van der Waals surface area contributed by atoms with Crippen molar-refractivity contribution in [2.24, 2.45) is 0 Å². The summed E-state index contributed by atoms with van der Waals surface area (Å²) in [5.41, 5.74) is 6.68. The number of nitrogens with zero attached hydrogens (tertiary/aromatic N) is 2. The molecule has 0 unspecified atom stereocenters. The van der Waals surface area contributed by atoms with Crippen molar-refractivity contribution in [2.75, 3.05) is 0 Å². The van der Waals surface area contributed by atoms with Crippen LogP contribution in [0, 0.1) is 20.2 Å². The van der Waals surface area contributed by atoms with Crippen LogP contribution < -0.4 is 0 Å². The van der Waals surface area contributed by atoms with E-state index >= 15 is 0 Å². The Morgan fingerprint density at radius 2 is 1.18 bits per heavy atom. The number of hydrogen-bond donors (Lipinski definition) is 0. The van der Waals surface area contributed by atoms with Crippen molar-refractivity contribution < 1.29 is 9.85 Å². The number of rotatable bonds is 4. The normalized spacial score (nSPS) is 13.0. The van der Waals surface area contributed by atoms with Gasteiger partial charge >= 0.3 is 0 Å². The third-order valence-corrected chi connectivity index (χ3v) is 5.27. The molecule has 0 heterocycles. The smallest absolute Gasteiger partial charge is 0.258 e. The summed E-state index contributed by atoms with van der Waals surface area (Å²) in [5.74, 6) is 0. The first kappa shape index (κ1) is 17.9. The van der Waals surface area contributed by atoms with Gasteiger partial charge in [-0.3, -0.25) is 20.2 Å². The lowest BCUT2D eigenvalue weighted by atomic mass is 9.83. The van der Waals surface area contributed by atoms with Crippen LogP contribution in [0.3, 0.4) is 0 Å². The molecule has 0 fully saturated rings. The van der Waals surface area contributed by atoms with E-state index in [2.05, 4.69) is 12.1 Å². The van der Waals surface area contributed by atoms with E-state index in [1.54, 1.807) is 24.3 Å². The second-order valence-corrected chi connectivity index (χ2v) is 6.98. The van der Waals surface area contributed by atoms with Crippen molar-refractivity contribution in [1.29, 1.82) is 0 Å². The molecule has 0 N–H and O–H groups in total. The van der Waals surface area contributed by atoms with Crippen molar-refractivity contribution in [3.8, 4) is 22.3 Å². The highest BCUT2D eigenvalue weighted by Gasteiger charge is 2.18. The van der Waals surface area contributed by atoms with Gasteiger partial charge in [0.1, 0.15) is 0 Å². The van der Waals surface area contributed by atoms with E-state index < -0.39 is 9.85 Å². The maximum Gasteiger partial charge on any atom is 0.269 e. The highest BCUT2D eigenvalue weighted by atomic mass is 16.6. The average Bonchev–Trinajstić information content (AvgIpc) is 2.73. The number of nitro benzene ring substituents is 2. The average molecular weight is 374 g/mol. The second kappa shape index (κ2) is 7.23. The Bertz CT molecular complexity index is 1060. The van der Waals surface area contributed by atoms with Crippen LogP contribution in [0.25, 0.3) is 22.3 Å². The van der Waals surface area contributed by atoms with Crippen LogP contribution >= 0.6 is 0 Å². The predicted molar refractivity (Wildman–Crippen MR) is 107 cm³/mol. The van der Waals surface area contributed by atoms with Crippen molar-refractivity contribution in [3.63, 3.8) is 0 Å². The van der Waals surface area contributed by atoms with Crippen LogP contribution in [0.1, 0.15) is 24.0 Å². The minimum atomic E-state index is -0.404. The van der Waals surface area contributed by atoms with E-state index in [0.717, 1.165) is 47.9 Å². The molecule has 3 aromatic rings. The summed E-state index contributed by atoms with van der Waals surface area (Å²) >= 11 is 0. The quantitative estimate of drug-likeness (QED) is 0.432. The van der Waals surface area contributed by atoms with Gasteiger partial charge in [0.15, 0.2) is 0 Å². The van der Waals surface area contributed by atoms with E-state index in [0.29, 0.717) is 0 Å². The molecule has 0 saturated heterocycles. The molecule has 140 valence electrons. The monoisotopic (exact) mass is 374 g/mol. The summed E-state index contributed by atoms with van der Waals surface area (Å²) in [6.45, 7) is 0. The van der Waals surface area contributed by atoms with Crippen LogP contribution in [-0.2, 0) is 12.8 Å². The molecule has 0 atom stereocenters. The van der Waals surface area contributed by atoms with Crippen LogP contribution in [0.4, 0.5) is 11.4 Å². The van der Waals surface area contributed by atoms with Gasteiger partial charge in [-0.15, -0.1) is 0 Å². The van der Waals surface area contributed by atoms with Gasteiger partial charge in [0, 0.05) is 24.3 Å². The molecule has 0 bridgehead atoms. The highest BCUT2D eigenvalue weighted by molar-refractivity contribution is 5.78. The maximum absolute atomic E-state index is 11.0. The predicted octanol–water partition coefficient (Wildman–Crippen LogP) is 5.72. The topological polar surface area (TPSA) is 86.3 Å². The summed E-state index contributed by atoms with van der Waals surface area (Å²) in [7, 11) is 0. The first-order valence-electron chi connectivity index (χ1n) is 9.18. The molecular weight excluding hydrogens is 356 g/mol. The number of fused-ring (bicyclic) bond motifs is 1.